The summed E-state index contributed by atoms with van der Waals surface area (Å²) >= 11 is 0. The van der Waals surface area contributed by atoms with Crippen molar-refractivity contribution >= 4 is 29.6 Å². The van der Waals surface area contributed by atoms with Gasteiger partial charge in [0.1, 0.15) is 5.75 Å². The summed E-state index contributed by atoms with van der Waals surface area (Å²) < 4.78 is 48.9. The Balaban J connectivity index is 1.40. The Labute approximate surface area is 198 Å². The number of rotatable bonds is 8. The first-order chi connectivity index (χ1) is 16.7. The van der Waals surface area contributed by atoms with Crippen molar-refractivity contribution in [2.45, 2.75) is 25.1 Å². The molecule has 3 amide bonds. The molecular weight excluding hydrogens is 469 g/mol. The predicted octanol–water partition coefficient (Wildman–Crippen LogP) is 2.47. The minimum Gasteiger partial charge on any atom is -0.484 e. The summed E-state index contributed by atoms with van der Waals surface area (Å²) in [6.45, 7) is 0.490. The quantitative estimate of drug-likeness (QED) is 0.297. The van der Waals surface area contributed by atoms with E-state index in [0.717, 1.165) is 25.0 Å². The van der Waals surface area contributed by atoms with Gasteiger partial charge in [-0.2, -0.15) is 18.3 Å². The van der Waals surface area contributed by atoms with E-state index in [1.165, 1.54) is 30.5 Å². The van der Waals surface area contributed by atoms with Crippen LogP contribution in [0, 0.1) is 0 Å². The number of halogens is 3. The highest BCUT2D eigenvalue weighted by molar-refractivity contribution is 6.35. The molecule has 3 N–H and O–H groups in total. The Bertz CT molecular complexity index is 1070. The molecule has 1 atom stereocenters. The zero-order chi connectivity index (χ0) is 25.3. The molecule has 0 bridgehead atoms. The smallest absolute Gasteiger partial charge is 0.416 e. The van der Waals surface area contributed by atoms with Gasteiger partial charge in [0.2, 0.25) is 0 Å². The van der Waals surface area contributed by atoms with E-state index in [1.807, 2.05) is 0 Å². The lowest BCUT2D eigenvalue weighted by molar-refractivity contribution is -0.139. The van der Waals surface area contributed by atoms with E-state index in [1.54, 1.807) is 12.1 Å². The third-order valence-corrected chi connectivity index (χ3v) is 4.82. The number of amides is 3. The van der Waals surface area contributed by atoms with Gasteiger partial charge in [0.15, 0.2) is 6.61 Å². The third kappa shape index (κ3) is 8.41. The highest BCUT2D eigenvalue weighted by Gasteiger charge is 2.30. The van der Waals surface area contributed by atoms with Crippen molar-refractivity contribution in [1.29, 1.82) is 0 Å². The third-order valence-electron chi connectivity index (χ3n) is 4.82. The van der Waals surface area contributed by atoms with E-state index in [0.29, 0.717) is 17.9 Å². The first-order valence-electron chi connectivity index (χ1n) is 10.6. The number of nitrogens with zero attached hydrogens (tertiary/aromatic N) is 1. The molecule has 12 heteroatoms. The zero-order valence-corrected chi connectivity index (χ0v) is 18.4. The van der Waals surface area contributed by atoms with Gasteiger partial charge in [-0.15, -0.1) is 0 Å². The van der Waals surface area contributed by atoms with Gasteiger partial charge in [-0.1, -0.05) is 6.07 Å². The minimum absolute atomic E-state index is 0.00239. The van der Waals surface area contributed by atoms with Gasteiger partial charge < -0.3 is 20.1 Å². The molecule has 35 heavy (non-hydrogen) atoms. The Kier molecular flexibility index (Phi) is 8.79. The van der Waals surface area contributed by atoms with Gasteiger partial charge in [-0.05, 0) is 60.9 Å². The van der Waals surface area contributed by atoms with Crippen LogP contribution in [0.15, 0.2) is 53.6 Å². The summed E-state index contributed by atoms with van der Waals surface area (Å²) in [5, 5.41) is 8.54. The molecule has 0 aromatic heterocycles. The number of benzene rings is 2. The van der Waals surface area contributed by atoms with Gasteiger partial charge in [-0.3, -0.25) is 14.4 Å². The average Bonchev–Trinajstić information content (AvgIpc) is 3.35. The number of anilines is 1. The molecule has 0 saturated carbocycles. The molecule has 0 radical (unpaired) electrons. The second-order valence-electron chi connectivity index (χ2n) is 7.53. The highest BCUT2D eigenvalue weighted by Crippen LogP contribution is 2.30. The van der Waals surface area contributed by atoms with E-state index in [2.05, 4.69) is 21.2 Å². The molecular formula is C23H23F3N4O5. The molecule has 1 fully saturated rings. The summed E-state index contributed by atoms with van der Waals surface area (Å²) in [6.07, 6.45) is -1.52. The van der Waals surface area contributed by atoms with Crippen LogP contribution in [0.1, 0.15) is 24.0 Å². The molecule has 186 valence electrons. The number of hydrogen-bond donors (Lipinski definition) is 3. The molecule has 1 aliphatic rings. The van der Waals surface area contributed by atoms with Crippen LogP contribution in [0.3, 0.4) is 0 Å². The van der Waals surface area contributed by atoms with Gasteiger partial charge in [0, 0.05) is 18.8 Å². The topological polar surface area (TPSA) is 118 Å². The number of ether oxygens (including phenoxy) is 2. The number of hydrogen-bond acceptors (Lipinski definition) is 6. The van der Waals surface area contributed by atoms with Crippen LogP contribution in [-0.4, -0.2) is 49.8 Å². The summed E-state index contributed by atoms with van der Waals surface area (Å²) in [5.41, 5.74) is 1.83. The van der Waals surface area contributed by atoms with Gasteiger partial charge in [0.05, 0.1) is 17.9 Å². The van der Waals surface area contributed by atoms with Crippen molar-refractivity contribution in [3.05, 3.63) is 59.7 Å². The van der Waals surface area contributed by atoms with Gasteiger partial charge in [0.25, 0.3) is 5.91 Å². The second kappa shape index (κ2) is 12.0. The van der Waals surface area contributed by atoms with E-state index >= 15 is 0 Å². The second-order valence-corrected chi connectivity index (χ2v) is 7.53. The van der Waals surface area contributed by atoms with E-state index in [4.69, 9.17) is 9.47 Å². The minimum atomic E-state index is -4.51. The molecule has 0 unspecified atom stereocenters. The van der Waals surface area contributed by atoms with Crippen molar-refractivity contribution in [1.82, 2.24) is 10.7 Å². The maximum absolute atomic E-state index is 12.8. The molecule has 1 saturated heterocycles. The van der Waals surface area contributed by atoms with Gasteiger partial charge in [-0.25, -0.2) is 5.43 Å². The van der Waals surface area contributed by atoms with Crippen LogP contribution in [0.4, 0.5) is 18.9 Å². The van der Waals surface area contributed by atoms with Crippen LogP contribution < -0.4 is 20.8 Å². The standard InChI is InChI=1S/C23H23F3N4O5/c24-23(25,26)16-3-1-4-17(11-16)29-20(31)14-35-18-8-6-15(7-9-18)12-28-30-22(33)21(32)27-13-19-5-2-10-34-19/h1,3-4,6-9,11-12,19H,2,5,10,13-14H2,(H,27,32)(H,29,31)(H,30,33)/b28-12-/t19-/m0/s1. The maximum Gasteiger partial charge on any atom is 0.416 e. The molecule has 3 rings (SSSR count). The number of carbonyl (C=O) groups excluding carboxylic acids is 3. The van der Waals surface area contributed by atoms with Crippen molar-refractivity contribution in [3.8, 4) is 5.75 Å². The van der Waals surface area contributed by atoms with Crippen molar-refractivity contribution in [2.24, 2.45) is 5.10 Å². The SMILES string of the molecule is O=C(COc1ccc(/C=N\NC(=O)C(=O)NC[C@@H]2CCCO2)cc1)Nc1cccc(C(F)(F)F)c1. The van der Waals surface area contributed by atoms with Crippen LogP contribution in [0.25, 0.3) is 0 Å². The molecule has 2 aromatic carbocycles. The normalized spacial score (nSPS) is 15.6. The first kappa shape index (κ1) is 25.7. The Hall–Kier alpha value is -3.93. The number of carbonyl (C=O) groups is 3. The zero-order valence-electron chi connectivity index (χ0n) is 18.4. The Morgan fingerprint density at radius 1 is 1.11 bits per heavy atom. The lowest BCUT2D eigenvalue weighted by Crippen LogP contribution is -2.41. The predicted molar refractivity (Wildman–Crippen MR) is 120 cm³/mol. The van der Waals surface area contributed by atoms with Crippen LogP contribution in [-0.2, 0) is 25.3 Å². The Morgan fingerprint density at radius 2 is 1.89 bits per heavy atom. The van der Waals surface area contributed by atoms with Crippen LogP contribution in [0.5, 0.6) is 5.75 Å². The number of alkyl halides is 3. The fraction of sp³-hybridized carbons (Fsp3) is 0.304. The summed E-state index contributed by atoms with van der Waals surface area (Å²) in [4.78, 5) is 35.5. The van der Waals surface area contributed by atoms with Crippen LogP contribution >= 0.6 is 0 Å². The van der Waals surface area contributed by atoms with E-state index < -0.39 is 36.1 Å². The molecule has 0 aliphatic carbocycles. The largest absolute Gasteiger partial charge is 0.484 e. The maximum atomic E-state index is 12.8. The van der Waals surface area contributed by atoms with Crippen LogP contribution in [0.2, 0.25) is 0 Å². The van der Waals surface area contributed by atoms with Crippen molar-refractivity contribution in [2.75, 3.05) is 25.1 Å². The summed E-state index contributed by atoms with van der Waals surface area (Å²) in [5.74, 6) is -2.02. The lowest BCUT2D eigenvalue weighted by Gasteiger charge is -2.10. The molecule has 1 aliphatic heterocycles. The lowest BCUT2D eigenvalue weighted by atomic mass is 10.2. The highest BCUT2D eigenvalue weighted by atomic mass is 19.4. The summed E-state index contributed by atoms with van der Waals surface area (Å²) in [7, 11) is 0. The molecule has 9 nitrogen and oxygen atoms in total. The average molecular weight is 492 g/mol. The van der Waals surface area contributed by atoms with Crippen molar-refractivity contribution in [3.63, 3.8) is 0 Å². The number of hydrazone groups is 1. The number of nitrogens with one attached hydrogen (secondary N) is 3. The summed E-state index contributed by atoms with van der Waals surface area (Å²) in [6, 6.07) is 10.5. The molecule has 2 aromatic rings. The fourth-order valence-corrected chi connectivity index (χ4v) is 3.08. The van der Waals surface area contributed by atoms with Gasteiger partial charge >= 0.3 is 18.0 Å². The Morgan fingerprint density at radius 3 is 2.57 bits per heavy atom. The van der Waals surface area contributed by atoms with E-state index in [9.17, 15) is 27.6 Å². The first-order valence-corrected chi connectivity index (χ1v) is 10.6. The van der Waals surface area contributed by atoms with Crippen molar-refractivity contribution < 1.29 is 37.0 Å². The molecule has 0 spiro atoms. The monoisotopic (exact) mass is 492 g/mol. The fourth-order valence-electron chi connectivity index (χ4n) is 3.08. The molecule has 1 heterocycles. The van der Waals surface area contributed by atoms with E-state index in [-0.39, 0.29) is 18.3 Å².